The maximum absolute atomic E-state index is 5.46. The van der Waals surface area contributed by atoms with Crippen LogP contribution in [0.1, 0.15) is 37.8 Å². The number of hydrogen-bond acceptors (Lipinski definition) is 4. The van der Waals surface area contributed by atoms with Crippen LogP contribution in [0.5, 0.6) is 0 Å². The van der Waals surface area contributed by atoms with Gasteiger partial charge in [0.05, 0.1) is 11.6 Å². The molecule has 0 spiro atoms. The highest BCUT2D eigenvalue weighted by Gasteiger charge is 2.14. The van der Waals surface area contributed by atoms with Crippen molar-refractivity contribution in [2.75, 3.05) is 0 Å². The highest BCUT2D eigenvalue weighted by atomic mass is 32.1. The first-order valence-corrected chi connectivity index (χ1v) is 6.27. The van der Waals surface area contributed by atoms with Crippen LogP contribution in [0.2, 0.25) is 0 Å². The quantitative estimate of drug-likeness (QED) is 0.348. The van der Waals surface area contributed by atoms with E-state index in [2.05, 4.69) is 15.4 Å². The Morgan fingerprint density at radius 1 is 1.47 bits per heavy atom. The second-order valence-corrected chi connectivity index (χ2v) is 4.51. The van der Waals surface area contributed by atoms with E-state index in [4.69, 9.17) is 5.84 Å². The van der Waals surface area contributed by atoms with Crippen LogP contribution in [0.15, 0.2) is 15.9 Å². The number of aliphatic imine (C=N–C) groups is 1. The summed E-state index contributed by atoms with van der Waals surface area (Å²) < 4.78 is 0. The van der Waals surface area contributed by atoms with E-state index in [9.17, 15) is 0 Å². The molecule has 1 saturated carbocycles. The van der Waals surface area contributed by atoms with Crippen molar-refractivity contribution in [1.82, 2.24) is 10.4 Å². The fraction of sp³-hybridized carbons (Fsp3) is 0.600. The number of hydrazine groups is 1. The van der Waals surface area contributed by atoms with Crippen LogP contribution in [0.25, 0.3) is 0 Å². The van der Waals surface area contributed by atoms with Gasteiger partial charge in [-0.2, -0.15) is 0 Å². The first-order chi connectivity index (χ1) is 7.40. The molecule has 1 fully saturated rings. The molecule has 4 nitrogen and oxygen atoms in total. The van der Waals surface area contributed by atoms with Crippen molar-refractivity contribution in [3.8, 4) is 0 Å². The largest absolute Gasteiger partial charge is 0.307 e. The lowest BCUT2D eigenvalue weighted by atomic mass is 9.96. The van der Waals surface area contributed by atoms with Crippen LogP contribution in [-0.4, -0.2) is 16.9 Å². The van der Waals surface area contributed by atoms with Gasteiger partial charge in [0.2, 0.25) is 0 Å². The minimum absolute atomic E-state index is 0.423. The predicted molar refractivity (Wildman–Crippen MR) is 62.8 cm³/mol. The summed E-state index contributed by atoms with van der Waals surface area (Å²) in [5, 5.41) is 1.96. The second kappa shape index (κ2) is 5.23. The molecule has 82 valence electrons. The lowest BCUT2D eigenvalue weighted by molar-refractivity contribution is 0.442. The van der Waals surface area contributed by atoms with Crippen molar-refractivity contribution in [1.29, 1.82) is 0 Å². The van der Waals surface area contributed by atoms with E-state index in [-0.39, 0.29) is 0 Å². The maximum Gasteiger partial charge on any atom is 0.162 e. The smallest absolute Gasteiger partial charge is 0.162 e. The highest BCUT2D eigenvalue weighted by Crippen LogP contribution is 2.20. The zero-order chi connectivity index (χ0) is 10.5. The fourth-order valence-corrected chi connectivity index (χ4v) is 2.44. The van der Waals surface area contributed by atoms with E-state index in [1.54, 1.807) is 16.8 Å². The molecule has 0 atom stereocenters. The Labute approximate surface area is 93.6 Å². The summed E-state index contributed by atoms with van der Waals surface area (Å²) in [5.74, 6) is 6.19. The third-order valence-electron chi connectivity index (χ3n) is 2.70. The Morgan fingerprint density at radius 2 is 2.27 bits per heavy atom. The number of hydrogen-bond donors (Lipinski definition) is 2. The molecule has 0 aromatic carbocycles. The standard InChI is InChI=1S/C10H16N4S/c11-14-10(9-6-15-7-12-9)13-8-4-2-1-3-5-8/h6-8H,1-5,11H2,(H,13,14). The van der Waals surface area contributed by atoms with E-state index in [0.717, 1.165) is 11.5 Å². The molecule has 5 heteroatoms. The van der Waals surface area contributed by atoms with Crippen molar-refractivity contribution in [3.05, 3.63) is 16.6 Å². The van der Waals surface area contributed by atoms with Crippen LogP contribution in [0.4, 0.5) is 0 Å². The Morgan fingerprint density at radius 3 is 2.87 bits per heavy atom. The van der Waals surface area contributed by atoms with E-state index in [1.807, 2.05) is 5.38 Å². The van der Waals surface area contributed by atoms with Crippen molar-refractivity contribution >= 4 is 17.2 Å². The van der Waals surface area contributed by atoms with Gasteiger partial charge in [0.25, 0.3) is 0 Å². The van der Waals surface area contributed by atoms with Crippen molar-refractivity contribution < 1.29 is 0 Å². The zero-order valence-electron chi connectivity index (χ0n) is 8.65. The second-order valence-electron chi connectivity index (χ2n) is 3.79. The van der Waals surface area contributed by atoms with E-state index in [1.165, 1.54) is 32.1 Å². The van der Waals surface area contributed by atoms with E-state index in [0.29, 0.717) is 6.04 Å². The number of nitrogens with one attached hydrogen (secondary N) is 1. The van der Waals surface area contributed by atoms with Crippen LogP contribution in [0, 0.1) is 0 Å². The highest BCUT2D eigenvalue weighted by molar-refractivity contribution is 7.07. The summed E-state index contributed by atoms with van der Waals surface area (Å²) in [6, 6.07) is 0.423. The predicted octanol–water partition coefficient (Wildman–Crippen LogP) is 1.69. The Kier molecular flexibility index (Phi) is 3.69. The van der Waals surface area contributed by atoms with Gasteiger partial charge in [-0.05, 0) is 12.8 Å². The molecule has 2 rings (SSSR count). The summed E-state index contributed by atoms with van der Waals surface area (Å²) in [4.78, 5) is 8.82. The lowest BCUT2D eigenvalue weighted by Gasteiger charge is -2.18. The molecule has 1 aliphatic rings. The SMILES string of the molecule is NNC(=NC1CCCCC1)c1cscn1. The zero-order valence-corrected chi connectivity index (χ0v) is 9.46. The molecule has 0 unspecified atom stereocenters. The van der Waals surface area contributed by atoms with Crippen molar-refractivity contribution in [2.24, 2.45) is 10.8 Å². The first-order valence-electron chi connectivity index (χ1n) is 5.33. The molecule has 1 aromatic heterocycles. The van der Waals surface area contributed by atoms with Gasteiger partial charge in [0, 0.05) is 5.38 Å². The Balaban J connectivity index is 2.08. The summed E-state index contributed by atoms with van der Waals surface area (Å²) in [5.41, 5.74) is 5.30. The molecular formula is C10H16N4S. The molecule has 15 heavy (non-hydrogen) atoms. The van der Waals surface area contributed by atoms with Gasteiger partial charge >= 0.3 is 0 Å². The lowest BCUT2D eigenvalue weighted by Crippen LogP contribution is -2.33. The van der Waals surface area contributed by atoms with Gasteiger partial charge in [0.15, 0.2) is 5.84 Å². The van der Waals surface area contributed by atoms with Crippen LogP contribution in [0.3, 0.4) is 0 Å². The molecule has 3 N–H and O–H groups in total. The molecule has 1 aliphatic carbocycles. The number of thiazole rings is 1. The summed E-state index contributed by atoms with van der Waals surface area (Å²) in [6.07, 6.45) is 6.25. The molecule has 1 heterocycles. The third kappa shape index (κ3) is 2.76. The maximum atomic E-state index is 5.46. The fourth-order valence-electron chi connectivity index (χ4n) is 1.90. The number of rotatable bonds is 2. The monoisotopic (exact) mass is 224 g/mol. The number of nitrogens with two attached hydrogens (primary N) is 1. The van der Waals surface area contributed by atoms with Crippen molar-refractivity contribution in [2.45, 2.75) is 38.1 Å². The van der Waals surface area contributed by atoms with Crippen LogP contribution < -0.4 is 11.3 Å². The molecular weight excluding hydrogens is 208 g/mol. The van der Waals surface area contributed by atoms with Gasteiger partial charge in [0.1, 0.15) is 5.69 Å². The van der Waals surface area contributed by atoms with Gasteiger partial charge in [-0.1, -0.05) is 19.3 Å². The summed E-state index contributed by atoms with van der Waals surface area (Å²) >= 11 is 1.56. The molecule has 0 radical (unpaired) electrons. The molecule has 0 bridgehead atoms. The van der Waals surface area contributed by atoms with Crippen LogP contribution in [-0.2, 0) is 0 Å². The average molecular weight is 224 g/mol. The van der Waals surface area contributed by atoms with Crippen LogP contribution >= 0.6 is 11.3 Å². The van der Waals surface area contributed by atoms with Gasteiger partial charge in [-0.15, -0.1) is 11.3 Å². The summed E-state index contributed by atoms with van der Waals surface area (Å²) in [7, 11) is 0. The molecule has 0 aliphatic heterocycles. The van der Waals surface area contributed by atoms with Gasteiger partial charge < -0.3 is 5.43 Å². The molecule has 1 aromatic rings. The average Bonchev–Trinajstić information content (AvgIpc) is 2.81. The van der Waals surface area contributed by atoms with Gasteiger partial charge in [-0.3, -0.25) is 4.99 Å². The third-order valence-corrected chi connectivity index (χ3v) is 3.28. The van der Waals surface area contributed by atoms with Crippen molar-refractivity contribution in [3.63, 3.8) is 0 Å². The van der Waals surface area contributed by atoms with Gasteiger partial charge in [-0.25, -0.2) is 10.8 Å². The number of nitrogens with zero attached hydrogens (tertiary/aromatic N) is 2. The minimum atomic E-state index is 0.423. The number of amidine groups is 1. The minimum Gasteiger partial charge on any atom is -0.307 e. The Hall–Kier alpha value is -0.940. The topological polar surface area (TPSA) is 63.3 Å². The molecule has 0 amide bonds. The normalized spacial score (nSPS) is 19.1. The Bertz CT molecular complexity index is 314. The van der Waals surface area contributed by atoms with E-state index < -0.39 is 0 Å². The summed E-state index contributed by atoms with van der Waals surface area (Å²) in [6.45, 7) is 0. The molecule has 0 saturated heterocycles. The number of aromatic nitrogens is 1. The first kappa shape index (κ1) is 10.6. The van der Waals surface area contributed by atoms with E-state index >= 15 is 0 Å².